The van der Waals surface area contributed by atoms with Crippen LogP contribution in [0.3, 0.4) is 0 Å². The summed E-state index contributed by atoms with van der Waals surface area (Å²) in [6, 6.07) is 10.8. The van der Waals surface area contributed by atoms with Crippen LogP contribution in [0.25, 0.3) is 10.9 Å². The zero-order chi connectivity index (χ0) is 16.4. The number of rotatable bonds is 4. The van der Waals surface area contributed by atoms with Crippen molar-refractivity contribution in [2.24, 2.45) is 0 Å². The van der Waals surface area contributed by atoms with E-state index in [4.69, 9.17) is 11.6 Å². The van der Waals surface area contributed by atoms with Gasteiger partial charge in [0.2, 0.25) is 0 Å². The molecule has 0 saturated carbocycles. The number of carbonyl (C=O) groups excluding carboxylic acids is 2. The molecule has 0 fully saturated rings. The molecule has 0 bridgehead atoms. The van der Waals surface area contributed by atoms with E-state index in [1.165, 1.54) is 18.3 Å². The van der Waals surface area contributed by atoms with Gasteiger partial charge in [0.05, 0.1) is 5.56 Å². The summed E-state index contributed by atoms with van der Waals surface area (Å²) in [5.74, 6) is -1.73. The number of amides is 1. The van der Waals surface area contributed by atoms with Gasteiger partial charge >= 0.3 is 0 Å². The van der Waals surface area contributed by atoms with Crippen LogP contribution in [0.2, 0.25) is 5.02 Å². The van der Waals surface area contributed by atoms with Crippen LogP contribution in [0.1, 0.15) is 15.9 Å². The molecule has 0 aliphatic rings. The maximum absolute atomic E-state index is 12.8. The average Bonchev–Trinajstić information content (AvgIpc) is 2.96. The second kappa shape index (κ2) is 6.22. The highest BCUT2D eigenvalue weighted by atomic mass is 35.5. The van der Waals surface area contributed by atoms with Crippen LogP contribution in [0, 0.1) is 5.82 Å². The minimum Gasteiger partial charge on any atom is -0.360 e. The predicted molar refractivity (Wildman–Crippen MR) is 85.9 cm³/mol. The first-order valence-corrected chi connectivity index (χ1v) is 7.26. The molecular weight excluding hydrogens is 319 g/mol. The number of halogens is 2. The SMILES string of the molecule is O=C(NCc1ccc(F)cc1)C(=O)c1c[nH]c2ccc(Cl)cc12. The van der Waals surface area contributed by atoms with E-state index in [1.807, 2.05) is 0 Å². The summed E-state index contributed by atoms with van der Waals surface area (Å²) in [4.78, 5) is 27.2. The van der Waals surface area contributed by atoms with E-state index in [-0.39, 0.29) is 17.9 Å². The Balaban J connectivity index is 1.75. The van der Waals surface area contributed by atoms with Crippen molar-refractivity contribution in [1.82, 2.24) is 10.3 Å². The molecule has 0 atom stereocenters. The third kappa shape index (κ3) is 3.24. The molecular formula is C17H12ClFN2O2. The van der Waals surface area contributed by atoms with E-state index in [0.29, 0.717) is 16.0 Å². The molecule has 116 valence electrons. The maximum Gasteiger partial charge on any atom is 0.292 e. The fourth-order valence-corrected chi connectivity index (χ4v) is 2.44. The summed E-state index contributed by atoms with van der Waals surface area (Å²) in [5, 5.41) is 3.61. The Morgan fingerprint density at radius 1 is 1.13 bits per heavy atom. The first-order chi connectivity index (χ1) is 11.0. The van der Waals surface area contributed by atoms with Crippen molar-refractivity contribution in [2.75, 3.05) is 0 Å². The maximum atomic E-state index is 12.8. The molecule has 23 heavy (non-hydrogen) atoms. The highest BCUT2D eigenvalue weighted by Gasteiger charge is 2.19. The van der Waals surface area contributed by atoms with Gasteiger partial charge in [-0.3, -0.25) is 9.59 Å². The van der Waals surface area contributed by atoms with Gasteiger partial charge in [-0.05, 0) is 35.9 Å². The smallest absolute Gasteiger partial charge is 0.292 e. The molecule has 0 spiro atoms. The Morgan fingerprint density at radius 2 is 1.87 bits per heavy atom. The normalized spacial score (nSPS) is 10.7. The van der Waals surface area contributed by atoms with Gasteiger partial charge in [-0.15, -0.1) is 0 Å². The van der Waals surface area contributed by atoms with Gasteiger partial charge in [-0.1, -0.05) is 23.7 Å². The van der Waals surface area contributed by atoms with Gasteiger partial charge in [-0.2, -0.15) is 0 Å². The number of carbonyl (C=O) groups is 2. The van der Waals surface area contributed by atoms with Crippen molar-refractivity contribution < 1.29 is 14.0 Å². The number of H-pyrrole nitrogens is 1. The van der Waals surface area contributed by atoms with Gasteiger partial charge in [0.25, 0.3) is 11.7 Å². The molecule has 4 nitrogen and oxygen atoms in total. The standard InChI is InChI=1S/C17H12ClFN2O2/c18-11-3-6-15-13(7-11)14(9-20-15)16(22)17(23)21-8-10-1-4-12(19)5-2-10/h1-7,9,20H,8H2,(H,21,23). The largest absolute Gasteiger partial charge is 0.360 e. The lowest BCUT2D eigenvalue weighted by atomic mass is 10.1. The quantitative estimate of drug-likeness (QED) is 0.568. The van der Waals surface area contributed by atoms with Crippen LogP contribution in [-0.4, -0.2) is 16.7 Å². The lowest BCUT2D eigenvalue weighted by molar-refractivity contribution is -0.117. The fraction of sp³-hybridized carbons (Fsp3) is 0.0588. The van der Waals surface area contributed by atoms with Crippen LogP contribution in [-0.2, 0) is 11.3 Å². The molecule has 1 amide bonds. The average molecular weight is 331 g/mol. The number of aromatic nitrogens is 1. The predicted octanol–water partition coefficient (Wildman–Crippen LogP) is 3.46. The third-order valence-electron chi connectivity index (χ3n) is 3.46. The number of aromatic amines is 1. The second-order valence-corrected chi connectivity index (χ2v) is 5.47. The van der Waals surface area contributed by atoms with E-state index >= 15 is 0 Å². The molecule has 0 unspecified atom stereocenters. The third-order valence-corrected chi connectivity index (χ3v) is 3.70. The van der Waals surface area contributed by atoms with Gasteiger partial charge < -0.3 is 10.3 Å². The molecule has 1 heterocycles. The summed E-state index contributed by atoms with van der Waals surface area (Å²) in [6.07, 6.45) is 1.49. The Hall–Kier alpha value is -2.66. The molecule has 1 aromatic heterocycles. The first-order valence-electron chi connectivity index (χ1n) is 6.88. The van der Waals surface area contributed by atoms with E-state index in [9.17, 15) is 14.0 Å². The minimum absolute atomic E-state index is 0.147. The van der Waals surface area contributed by atoms with Crippen LogP contribution in [0.15, 0.2) is 48.7 Å². The fourth-order valence-electron chi connectivity index (χ4n) is 2.27. The van der Waals surface area contributed by atoms with Crippen LogP contribution >= 0.6 is 11.6 Å². The molecule has 2 N–H and O–H groups in total. The summed E-state index contributed by atoms with van der Waals surface area (Å²) in [6.45, 7) is 0.147. The number of hydrogen-bond acceptors (Lipinski definition) is 2. The Kier molecular flexibility index (Phi) is 4.12. The zero-order valence-corrected chi connectivity index (χ0v) is 12.7. The van der Waals surface area contributed by atoms with E-state index in [0.717, 1.165) is 5.52 Å². The van der Waals surface area contributed by atoms with Crippen molar-refractivity contribution >= 4 is 34.2 Å². The number of benzene rings is 2. The first kappa shape index (κ1) is 15.2. The Morgan fingerprint density at radius 3 is 2.61 bits per heavy atom. The summed E-state index contributed by atoms with van der Waals surface area (Å²) < 4.78 is 12.8. The number of ketones is 1. The van der Waals surface area contributed by atoms with Crippen LogP contribution in [0.4, 0.5) is 4.39 Å². The van der Waals surface area contributed by atoms with E-state index in [1.54, 1.807) is 30.3 Å². The molecule has 6 heteroatoms. The summed E-state index contributed by atoms with van der Waals surface area (Å²) in [7, 11) is 0. The van der Waals surface area contributed by atoms with Crippen molar-refractivity contribution in [1.29, 1.82) is 0 Å². The topological polar surface area (TPSA) is 62.0 Å². The lowest BCUT2D eigenvalue weighted by Crippen LogP contribution is -2.30. The highest BCUT2D eigenvalue weighted by Crippen LogP contribution is 2.22. The molecule has 0 aliphatic heterocycles. The Bertz CT molecular complexity index is 887. The highest BCUT2D eigenvalue weighted by molar-refractivity contribution is 6.45. The van der Waals surface area contributed by atoms with Gasteiger partial charge in [0.15, 0.2) is 0 Å². The van der Waals surface area contributed by atoms with Crippen molar-refractivity contribution in [3.05, 3.63) is 70.6 Å². The monoisotopic (exact) mass is 330 g/mol. The van der Waals surface area contributed by atoms with Gasteiger partial charge in [0.1, 0.15) is 5.82 Å². The molecule has 0 saturated heterocycles. The number of fused-ring (bicyclic) bond motifs is 1. The lowest BCUT2D eigenvalue weighted by Gasteiger charge is -2.04. The van der Waals surface area contributed by atoms with Crippen LogP contribution < -0.4 is 5.32 Å². The summed E-state index contributed by atoms with van der Waals surface area (Å²) in [5.41, 5.74) is 1.69. The molecule has 3 aromatic rings. The number of Topliss-reactive ketones (excluding diaryl/α,β-unsaturated/α-hetero) is 1. The Labute approximate surface area is 136 Å². The zero-order valence-electron chi connectivity index (χ0n) is 11.9. The number of nitrogens with one attached hydrogen (secondary N) is 2. The molecule has 3 rings (SSSR count). The van der Waals surface area contributed by atoms with Gasteiger partial charge in [-0.25, -0.2) is 4.39 Å². The van der Waals surface area contributed by atoms with Crippen molar-refractivity contribution in [2.45, 2.75) is 6.54 Å². The van der Waals surface area contributed by atoms with Crippen molar-refractivity contribution in [3.63, 3.8) is 0 Å². The van der Waals surface area contributed by atoms with E-state index in [2.05, 4.69) is 10.3 Å². The van der Waals surface area contributed by atoms with E-state index < -0.39 is 11.7 Å². The molecule has 0 aliphatic carbocycles. The number of hydrogen-bond donors (Lipinski definition) is 2. The van der Waals surface area contributed by atoms with Crippen LogP contribution in [0.5, 0.6) is 0 Å². The molecule has 2 aromatic carbocycles. The molecule has 0 radical (unpaired) electrons. The second-order valence-electron chi connectivity index (χ2n) is 5.03. The minimum atomic E-state index is -0.727. The van der Waals surface area contributed by atoms with Gasteiger partial charge in [0, 0.05) is 28.7 Å². The summed E-state index contributed by atoms with van der Waals surface area (Å²) >= 11 is 5.93. The van der Waals surface area contributed by atoms with Crippen molar-refractivity contribution in [3.8, 4) is 0 Å².